The summed E-state index contributed by atoms with van der Waals surface area (Å²) in [6, 6.07) is 16.8. The van der Waals surface area contributed by atoms with E-state index in [-0.39, 0.29) is 23.7 Å². The fourth-order valence-corrected chi connectivity index (χ4v) is 2.74. The molecule has 1 aliphatic rings. The molecular weight excluding hydrogens is 290 g/mol. The van der Waals surface area contributed by atoms with Crippen LogP contribution in [0, 0.1) is 5.92 Å². The molecule has 1 fully saturated rings. The van der Waals surface area contributed by atoms with Crippen molar-refractivity contribution < 1.29 is 9.59 Å². The van der Waals surface area contributed by atoms with Gasteiger partial charge in [0.25, 0.3) is 0 Å². The first-order valence-electron chi connectivity index (χ1n) is 7.60. The van der Waals surface area contributed by atoms with Gasteiger partial charge in [-0.1, -0.05) is 30.3 Å². The van der Waals surface area contributed by atoms with Crippen molar-refractivity contribution in [3.63, 3.8) is 0 Å². The second kappa shape index (κ2) is 6.73. The van der Waals surface area contributed by atoms with Crippen LogP contribution in [0.1, 0.15) is 28.9 Å². The summed E-state index contributed by atoms with van der Waals surface area (Å²) in [5.41, 5.74) is 8.61. The Hall–Kier alpha value is -2.50. The van der Waals surface area contributed by atoms with Crippen LogP contribution >= 0.6 is 0 Å². The quantitative estimate of drug-likeness (QED) is 0.758. The lowest BCUT2D eigenvalue weighted by molar-refractivity contribution is -0.119. The molecule has 118 valence electrons. The molecule has 0 radical (unpaired) electrons. The molecule has 23 heavy (non-hydrogen) atoms. The largest absolute Gasteiger partial charge is 0.326 e. The summed E-state index contributed by atoms with van der Waals surface area (Å²) in [7, 11) is 0. The third-order valence-corrected chi connectivity index (χ3v) is 4.04. The highest BCUT2D eigenvalue weighted by molar-refractivity contribution is 5.96. The van der Waals surface area contributed by atoms with E-state index >= 15 is 0 Å². The normalized spacial score (nSPS) is 20.2. The van der Waals surface area contributed by atoms with E-state index in [1.165, 1.54) is 6.92 Å². The maximum absolute atomic E-state index is 12.6. The molecule has 1 amide bonds. The Morgan fingerprint density at radius 2 is 1.74 bits per heavy atom. The number of ketones is 1. The smallest absolute Gasteiger partial charge is 0.230 e. The van der Waals surface area contributed by atoms with E-state index in [1.54, 1.807) is 24.3 Å². The molecule has 0 aromatic heterocycles. The summed E-state index contributed by atoms with van der Waals surface area (Å²) in [5.74, 6) is -0.243. The summed E-state index contributed by atoms with van der Waals surface area (Å²) in [6.07, 6.45) is 0. The third kappa shape index (κ3) is 3.47. The number of nitrogens with one attached hydrogen (secondary N) is 3. The molecule has 1 heterocycles. The summed E-state index contributed by atoms with van der Waals surface area (Å²) in [6.45, 7) is 2.09. The first-order chi connectivity index (χ1) is 11.1. The van der Waals surface area contributed by atoms with E-state index in [0.29, 0.717) is 17.8 Å². The number of rotatable bonds is 4. The van der Waals surface area contributed by atoms with Crippen molar-refractivity contribution in [3.05, 3.63) is 65.7 Å². The van der Waals surface area contributed by atoms with Gasteiger partial charge >= 0.3 is 0 Å². The van der Waals surface area contributed by atoms with Gasteiger partial charge in [-0.05, 0) is 36.8 Å². The van der Waals surface area contributed by atoms with Crippen LogP contribution in [0.25, 0.3) is 0 Å². The van der Waals surface area contributed by atoms with Gasteiger partial charge < -0.3 is 5.32 Å². The lowest BCUT2D eigenvalue weighted by atomic mass is 9.94. The highest BCUT2D eigenvalue weighted by Gasteiger charge is 2.33. The van der Waals surface area contributed by atoms with E-state index in [0.717, 1.165) is 5.56 Å². The van der Waals surface area contributed by atoms with Crippen LogP contribution < -0.4 is 16.2 Å². The molecule has 0 spiro atoms. The Labute approximate surface area is 135 Å². The molecule has 2 unspecified atom stereocenters. The average Bonchev–Trinajstić information content (AvgIpc) is 3.06. The van der Waals surface area contributed by atoms with Crippen molar-refractivity contribution in [3.8, 4) is 0 Å². The van der Waals surface area contributed by atoms with E-state index < -0.39 is 0 Å². The fraction of sp³-hybridized carbons (Fsp3) is 0.222. The van der Waals surface area contributed by atoms with E-state index in [9.17, 15) is 9.59 Å². The molecule has 3 N–H and O–H groups in total. The number of Topliss-reactive ketones (excluding diaryl/α,β-unsaturated/α-hetero) is 1. The zero-order valence-corrected chi connectivity index (χ0v) is 12.9. The highest BCUT2D eigenvalue weighted by atomic mass is 16.2. The topological polar surface area (TPSA) is 70.2 Å². The molecule has 2 aromatic rings. The van der Waals surface area contributed by atoms with Gasteiger partial charge in [0.1, 0.15) is 0 Å². The number of amides is 1. The van der Waals surface area contributed by atoms with Crippen LogP contribution in [-0.2, 0) is 4.79 Å². The summed E-state index contributed by atoms with van der Waals surface area (Å²) in [4.78, 5) is 23.8. The van der Waals surface area contributed by atoms with Crippen LogP contribution in [0.3, 0.4) is 0 Å². The first kappa shape index (κ1) is 15.4. The molecule has 2 atom stereocenters. The number of hydrogen-bond acceptors (Lipinski definition) is 4. The van der Waals surface area contributed by atoms with Crippen LogP contribution in [0.4, 0.5) is 5.69 Å². The predicted octanol–water partition coefficient (Wildman–Crippen LogP) is 2.29. The molecule has 0 bridgehead atoms. The summed E-state index contributed by atoms with van der Waals surface area (Å²) in [5, 5.41) is 2.92. The molecule has 5 nitrogen and oxygen atoms in total. The minimum Gasteiger partial charge on any atom is -0.326 e. The lowest BCUT2D eigenvalue weighted by Gasteiger charge is -2.18. The Morgan fingerprint density at radius 3 is 2.39 bits per heavy atom. The molecule has 2 aromatic carbocycles. The maximum atomic E-state index is 12.6. The van der Waals surface area contributed by atoms with Gasteiger partial charge in [-0.3, -0.25) is 15.0 Å². The minimum absolute atomic E-state index is 0.0104. The number of carbonyl (C=O) groups excluding carboxylic acids is 2. The van der Waals surface area contributed by atoms with E-state index in [1.807, 2.05) is 30.3 Å². The summed E-state index contributed by atoms with van der Waals surface area (Å²) >= 11 is 0. The van der Waals surface area contributed by atoms with E-state index in [4.69, 9.17) is 0 Å². The SMILES string of the molecule is CC(=O)c1ccc(NC(=O)C2CNNC2c2ccccc2)cc1. The van der Waals surface area contributed by atoms with Crippen LogP contribution in [0.5, 0.6) is 0 Å². The van der Waals surface area contributed by atoms with Crippen molar-refractivity contribution in [1.82, 2.24) is 10.9 Å². The third-order valence-electron chi connectivity index (χ3n) is 4.04. The molecule has 0 saturated carbocycles. The number of hydrogen-bond donors (Lipinski definition) is 3. The van der Waals surface area contributed by atoms with Crippen molar-refractivity contribution in [2.45, 2.75) is 13.0 Å². The molecule has 0 aliphatic carbocycles. The number of carbonyl (C=O) groups is 2. The first-order valence-corrected chi connectivity index (χ1v) is 7.60. The number of anilines is 1. The van der Waals surface area contributed by atoms with E-state index in [2.05, 4.69) is 16.2 Å². The molecule has 3 rings (SSSR count). The van der Waals surface area contributed by atoms with Gasteiger partial charge in [0.2, 0.25) is 5.91 Å². The van der Waals surface area contributed by atoms with Crippen molar-refractivity contribution in [2.75, 3.05) is 11.9 Å². The van der Waals surface area contributed by atoms with Gasteiger partial charge in [0.05, 0.1) is 12.0 Å². The van der Waals surface area contributed by atoms with Gasteiger partial charge in [0, 0.05) is 17.8 Å². The molecule has 1 saturated heterocycles. The Morgan fingerprint density at radius 1 is 1.04 bits per heavy atom. The fourth-order valence-electron chi connectivity index (χ4n) is 2.74. The van der Waals surface area contributed by atoms with Crippen molar-refractivity contribution in [2.24, 2.45) is 5.92 Å². The lowest BCUT2D eigenvalue weighted by Crippen LogP contribution is -2.29. The minimum atomic E-state index is -0.204. The monoisotopic (exact) mass is 309 g/mol. The van der Waals surface area contributed by atoms with Gasteiger partial charge in [-0.15, -0.1) is 0 Å². The molecular formula is C18H19N3O2. The maximum Gasteiger partial charge on any atom is 0.230 e. The Kier molecular flexibility index (Phi) is 4.50. The average molecular weight is 309 g/mol. The van der Waals surface area contributed by atoms with Crippen LogP contribution in [0.15, 0.2) is 54.6 Å². The van der Waals surface area contributed by atoms with Gasteiger partial charge in [-0.25, -0.2) is 5.43 Å². The Balaban J connectivity index is 1.71. The second-order valence-corrected chi connectivity index (χ2v) is 5.64. The Bertz CT molecular complexity index is 698. The standard InChI is InChI=1S/C18H19N3O2/c1-12(22)13-7-9-15(10-8-13)20-18(23)16-11-19-21-17(16)14-5-3-2-4-6-14/h2-10,16-17,19,21H,11H2,1H3,(H,20,23). The van der Waals surface area contributed by atoms with Crippen molar-refractivity contribution in [1.29, 1.82) is 0 Å². The van der Waals surface area contributed by atoms with Crippen LogP contribution in [-0.4, -0.2) is 18.2 Å². The van der Waals surface area contributed by atoms with Gasteiger partial charge in [-0.2, -0.15) is 0 Å². The highest BCUT2D eigenvalue weighted by Crippen LogP contribution is 2.26. The second-order valence-electron chi connectivity index (χ2n) is 5.64. The van der Waals surface area contributed by atoms with Crippen LogP contribution in [0.2, 0.25) is 0 Å². The number of benzene rings is 2. The molecule has 1 aliphatic heterocycles. The number of hydrazine groups is 1. The summed E-state index contributed by atoms with van der Waals surface area (Å²) < 4.78 is 0. The van der Waals surface area contributed by atoms with Gasteiger partial charge in [0.15, 0.2) is 5.78 Å². The zero-order chi connectivity index (χ0) is 16.2. The zero-order valence-electron chi connectivity index (χ0n) is 12.9. The van der Waals surface area contributed by atoms with Crippen molar-refractivity contribution >= 4 is 17.4 Å². The molecule has 5 heteroatoms. The predicted molar refractivity (Wildman–Crippen MR) is 88.9 cm³/mol.